The lowest BCUT2D eigenvalue weighted by Crippen LogP contribution is -2.51. The van der Waals surface area contributed by atoms with E-state index in [0.717, 1.165) is 98.7 Å². The molecule has 3 aromatic heterocycles. The first kappa shape index (κ1) is 32.5. The van der Waals surface area contributed by atoms with Crippen LogP contribution in [0.3, 0.4) is 0 Å². The minimum absolute atomic E-state index is 0.0751. The van der Waals surface area contributed by atoms with Gasteiger partial charge in [0, 0.05) is 16.7 Å². The van der Waals surface area contributed by atoms with E-state index in [2.05, 4.69) is 146 Å². The zero-order valence-electron chi connectivity index (χ0n) is 31.0. The molecule has 7 heteroatoms. The summed E-state index contributed by atoms with van der Waals surface area (Å²) in [5.74, 6) is 1.79. The van der Waals surface area contributed by atoms with Crippen molar-refractivity contribution in [2.75, 3.05) is 0 Å². The topological polar surface area (TPSA) is 78.1 Å². The van der Waals surface area contributed by atoms with Crippen LogP contribution in [-0.2, 0) is 0 Å². The van der Waals surface area contributed by atoms with Crippen molar-refractivity contribution in [1.29, 1.82) is 0 Å². The lowest BCUT2D eigenvalue weighted by atomic mass is 9.37. The van der Waals surface area contributed by atoms with E-state index in [1.54, 1.807) is 0 Å². The molecular weight excluding hydrogens is 713 g/mol. The molecular formula is C51H30BN3O3. The highest BCUT2D eigenvalue weighted by atomic mass is 16.4. The summed E-state index contributed by atoms with van der Waals surface area (Å²) in [7, 11) is 0. The molecule has 270 valence electrons. The van der Waals surface area contributed by atoms with E-state index in [-0.39, 0.29) is 6.71 Å². The Morgan fingerprint density at radius 3 is 0.828 bits per heavy atom. The summed E-state index contributed by atoms with van der Waals surface area (Å²) in [6.07, 6.45) is 0. The fourth-order valence-corrected chi connectivity index (χ4v) is 8.24. The molecule has 9 aromatic carbocycles. The van der Waals surface area contributed by atoms with Crippen molar-refractivity contribution < 1.29 is 13.3 Å². The van der Waals surface area contributed by atoms with Gasteiger partial charge in [0.2, 0.25) is 24.4 Å². The summed E-state index contributed by atoms with van der Waals surface area (Å²) in [4.78, 5) is 14.6. The Morgan fingerprint density at radius 1 is 0.293 bits per heavy atom. The highest BCUT2D eigenvalue weighted by Gasteiger charge is 2.24. The second-order valence-electron chi connectivity index (χ2n) is 14.9. The van der Waals surface area contributed by atoms with E-state index in [0.29, 0.717) is 17.7 Å². The van der Waals surface area contributed by atoms with E-state index in [4.69, 9.17) is 28.2 Å². The summed E-state index contributed by atoms with van der Waals surface area (Å²) in [5, 5.41) is 6.80. The Morgan fingerprint density at radius 2 is 0.552 bits per heavy atom. The predicted molar refractivity (Wildman–Crippen MR) is 236 cm³/mol. The molecule has 12 rings (SSSR count). The van der Waals surface area contributed by atoms with E-state index in [9.17, 15) is 0 Å². The average molecular weight is 744 g/mol. The van der Waals surface area contributed by atoms with Crippen molar-refractivity contribution in [1.82, 2.24) is 15.0 Å². The third-order valence-electron chi connectivity index (χ3n) is 11.2. The summed E-state index contributed by atoms with van der Waals surface area (Å²) in [6.45, 7) is -0.0751. The van der Waals surface area contributed by atoms with Gasteiger partial charge in [-0.3, -0.25) is 0 Å². The SMILES string of the molecule is c1ccc2cc3oc(-c4ccc(B(c5ccc(-c6nc7cc8ccccc8cc7o6)cc5)c5ccc(-c6nc7cc8ccccc8cc7o6)cc5)cc4)nc3cc2c1. The summed E-state index contributed by atoms with van der Waals surface area (Å²) < 4.78 is 18.9. The van der Waals surface area contributed by atoms with Gasteiger partial charge in [-0.05, 0) is 68.7 Å². The van der Waals surface area contributed by atoms with Crippen LogP contribution < -0.4 is 16.4 Å². The van der Waals surface area contributed by atoms with Gasteiger partial charge in [0.1, 0.15) is 16.6 Å². The lowest BCUT2D eigenvalue weighted by Gasteiger charge is -2.16. The van der Waals surface area contributed by atoms with Crippen molar-refractivity contribution in [2.24, 2.45) is 0 Å². The van der Waals surface area contributed by atoms with E-state index in [1.165, 1.54) is 0 Å². The van der Waals surface area contributed by atoms with Crippen LogP contribution in [0.2, 0.25) is 0 Å². The van der Waals surface area contributed by atoms with E-state index >= 15 is 0 Å². The van der Waals surface area contributed by atoms with Crippen LogP contribution in [0, 0.1) is 0 Å². The molecule has 0 amide bonds. The zero-order valence-corrected chi connectivity index (χ0v) is 31.0. The number of fused-ring (bicyclic) bond motifs is 6. The van der Waals surface area contributed by atoms with Gasteiger partial charge in [-0.1, -0.05) is 162 Å². The second-order valence-corrected chi connectivity index (χ2v) is 14.9. The summed E-state index contributed by atoms with van der Waals surface area (Å²) >= 11 is 0. The highest BCUT2D eigenvalue weighted by Crippen LogP contribution is 2.31. The Kier molecular flexibility index (Phi) is 7.22. The molecule has 0 aliphatic carbocycles. The van der Waals surface area contributed by atoms with Gasteiger partial charge in [-0.15, -0.1) is 0 Å². The van der Waals surface area contributed by atoms with Crippen LogP contribution >= 0.6 is 0 Å². The molecule has 6 nitrogen and oxygen atoms in total. The van der Waals surface area contributed by atoms with Crippen molar-refractivity contribution in [3.8, 4) is 34.4 Å². The van der Waals surface area contributed by atoms with Crippen molar-refractivity contribution in [2.45, 2.75) is 0 Å². The number of rotatable bonds is 6. The molecule has 58 heavy (non-hydrogen) atoms. The van der Waals surface area contributed by atoms with E-state index < -0.39 is 0 Å². The van der Waals surface area contributed by atoms with Gasteiger partial charge in [-0.25, -0.2) is 15.0 Å². The first-order valence-corrected chi connectivity index (χ1v) is 19.3. The van der Waals surface area contributed by atoms with Crippen LogP contribution in [0.4, 0.5) is 0 Å². The molecule has 0 radical (unpaired) electrons. The van der Waals surface area contributed by atoms with Crippen LogP contribution in [0.1, 0.15) is 0 Å². The van der Waals surface area contributed by atoms with Crippen LogP contribution in [0.25, 0.3) is 100.0 Å². The normalized spacial score (nSPS) is 11.8. The zero-order chi connectivity index (χ0) is 38.2. The molecule has 3 heterocycles. The van der Waals surface area contributed by atoms with Gasteiger partial charge >= 0.3 is 0 Å². The highest BCUT2D eigenvalue weighted by molar-refractivity contribution is 6.95. The molecule has 0 spiro atoms. The fraction of sp³-hybridized carbons (Fsp3) is 0. The van der Waals surface area contributed by atoms with Gasteiger partial charge in [0.15, 0.2) is 16.7 Å². The molecule has 0 atom stereocenters. The lowest BCUT2D eigenvalue weighted by molar-refractivity contribution is 0.620. The molecule has 0 saturated heterocycles. The molecule has 0 aliphatic rings. The van der Waals surface area contributed by atoms with Crippen LogP contribution in [0.5, 0.6) is 0 Å². The molecule has 12 aromatic rings. The van der Waals surface area contributed by atoms with Crippen molar-refractivity contribution in [3.63, 3.8) is 0 Å². The first-order chi connectivity index (χ1) is 28.6. The molecule has 0 N–H and O–H groups in total. The van der Waals surface area contributed by atoms with Crippen molar-refractivity contribution in [3.05, 3.63) is 182 Å². The maximum Gasteiger partial charge on any atom is 0.241 e. The number of hydrogen-bond acceptors (Lipinski definition) is 6. The van der Waals surface area contributed by atoms with Crippen LogP contribution in [0.15, 0.2) is 195 Å². The van der Waals surface area contributed by atoms with E-state index in [1.807, 2.05) is 36.4 Å². The third kappa shape index (κ3) is 5.55. The molecule has 0 unspecified atom stereocenters. The number of oxazole rings is 3. The molecule has 0 saturated carbocycles. The predicted octanol–water partition coefficient (Wildman–Crippen LogP) is 11.1. The number of benzene rings is 9. The second kappa shape index (κ2) is 12.9. The smallest absolute Gasteiger partial charge is 0.241 e. The van der Waals surface area contributed by atoms with Gasteiger partial charge in [0.25, 0.3) is 0 Å². The monoisotopic (exact) mass is 743 g/mol. The average Bonchev–Trinajstić information content (AvgIpc) is 4.01. The minimum Gasteiger partial charge on any atom is -0.436 e. The molecule has 0 bridgehead atoms. The fourth-order valence-electron chi connectivity index (χ4n) is 8.24. The van der Waals surface area contributed by atoms with Gasteiger partial charge in [-0.2, -0.15) is 0 Å². The largest absolute Gasteiger partial charge is 0.436 e. The Balaban J connectivity index is 0.911. The molecule has 0 aliphatic heterocycles. The minimum atomic E-state index is -0.0751. The standard InChI is InChI=1S/C51H30BN3O3/c1-4-10-37-28-46-43(25-34(37)7-1)53-49(56-46)31-13-19-40(20-14-31)52(41-21-15-32(16-22-41)50-54-44-26-35-8-2-5-11-38(35)29-47(44)57-50)42-23-17-33(18-24-42)51-55-45-27-36-9-3-6-12-39(36)30-48(45)58-51/h1-30H. The maximum atomic E-state index is 6.29. The number of aromatic nitrogens is 3. The molecule has 0 fully saturated rings. The number of hydrogen-bond donors (Lipinski definition) is 0. The number of nitrogens with zero attached hydrogens (tertiary/aromatic N) is 3. The summed E-state index contributed by atoms with van der Waals surface area (Å²) in [6, 6.07) is 62.9. The Hall–Kier alpha value is -7.77. The first-order valence-electron chi connectivity index (χ1n) is 19.3. The van der Waals surface area contributed by atoms with Gasteiger partial charge < -0.3 is 13.3 Å². The Labute approximate surface area is 332 Å². The maximum absolute atomic E-state index is 6.29. The van der Waals surface area contributed by atoms with Gasteiger partial charge in [0.05, 0.1) is 0 Å². The van der Waals surface area contributed by atoms with Crippen LogP contribution in [-0.4, -0.2) is 21.7 Å². The summed E-state index contributed by atoms with van der Waals surface area (Å²) in [5.41, 5.74) is 11.0. The third-order valence-corrected chi connectivity index (χ3v) is 11.2. The Bertz CT molecular complexity index is 2980. The quantitative estimate of drug-likeness (QED) is 0.158. The van der Waals surface area contributed by atoms with Crippen molar-refractivity contribution >= 4 is 88.7 Å².